The van der Waals surface area contributed by atoms with E-state index in [9.17, 15) is 0 Å². The van der Waals surface area contributed by atoms with Crippen LogP contribution in [-0.4, -0.2) is 58.0 Å². The molecule has 6 heteroatoms. The van der Waals surface area contributed by atoms with Crippen LogP contribution in [0.5, 0.6) is 0 Å². The Morgan fingerprint density at radius 3 is 1.62 bits per heavy atom. The van der Waals surface area contributed by atoms with Crippen LogP contribution < -0.4 is 0 Å². The fraction of sp³-hybridized carbons (Fsp3) is 0.600. The number of benzene rings is 1. The maximum Gasteiger partial charge on any atom is 0.104 e. The molecule has 0 saturated carbocycles. The van der Waals surface area contributed by atoms with Crippen molar-refractivity contribution in [1.29, 1.82) is 0 Å². The van der Waals surface area contributed by atoms with E-state index in [1.807, 2.05) is 6.08 Å². The van der Waals surface area contributed by atoms with Gasteiger partial charge in [-0.05, 0) is 28.3 Å². The molecule has 3 aliphatic rings. The molecule has 3 heterocycles. The Morgan fingerprint density at radius 2 is 1.19 bits per heavy atom. The lowest BCUT2D eigenvalue weighted by molar-refractivity contribution is 0.0907. The van der Waals surface area contributed by atoms with E-state index in [1.54, 1.807) is 0 Å². The molecule has 0 N–H and O–H groups in total. The second-order valence-corrected chi connectivity index (χ2v) is 6.94. The van der Waals surface area contributed by atoms with Crippen molar-refractivity contribution < 1.29 is 28.4 Å². The Balaban J connectivity index is 1.41. The van der Waals surface area contributed by atoms with Crippen molar-refractivity contribution in [3.8, 4) is 0 Å². The average molecular weight is 362 g/mol. The number of rotatable bonds is 13. The van der Waals surface area contributed by atoms with Crippen LogP contribution in [0, 0.1) is 0 Å². The number of ether oxygens (including phenoxy) is 6. The van der Waals surface area contributed by atoms with Crippen LogP contribution in [0.1, 0.15) is 22.3 Å². The lowest BCUT2D eigenvalue weighted by Crippen LogP contribution is -2.09. The molecule has 0 aromatic heterocycles. The lowest BCUT2D eigenvalue weighted by atomic mass is 9.99. The molecule has 3 aliphatic heterocycles. The van der Waals surface area contributed by atoms with Gasteiger partial charge in [0.25, 0.3) is 0 Å². The summed E-state index contributed by atoms with van der Waals surface area (Å²) in [6, 6.07) is 4.27. The second-order valence-electron chi connectivity index (χ2n) is 6.94. The van der Waals surface area contributed by atoms with Crippen molar-refractivity contribution in [2.24, 2.45) is 0 Å². The van der Waals surface area contributed by atoms with Gasteiger partial charge in [0.15, 0.2) is 0 Å². The van der Waals surface area contributed by atoms with Gasteiger partial charge in [-0.25, -0.2) is 0 Å². The van der Waals surface area contributed by atoms with E-state index in [-0.39, 0.29) is 18.3 Å². The number of hydrogen-bond donors (Lipinski definition) is 0. The van der Waals surface area contributed by atoms with Gasteiger partial charge in [0.2, 0.25) is 0 Å². The monoisotopic (exact) mass is 362 g/mol. The first-order valence-electron chi connectivity index (χ1n) is 9.17. The summed E-state index contributed by atoms with van der Waals surface area (Å²) in [5.74, 6) is 0. The Labute approximate surface area is 154 Å². The van der Waals surface area contributed by atoms with Crippen molar-refractivity contribution in [3.05, 3.63) is 41.0 Å². The third kappa shape index (κ3) is 5.61. The molecule has 0 aliphatic carbocycles. The summed E-state index contributed by atoms with van der Waals surface area (Å²) in [5, 5.41) is 0. The molecule has 26 heavy (non-hydrogen) atoms. The Morgan fingerprint density at radius 1 is 0.769 bits per heavy atom. The quantitative estimate of drug-likeness (QED) is 0.501. The minimum absolute atomic E-state index is 0.260. The zero-order chi connectivity index (χ0) is 17.8. The molecule has 3 saturated heterocycles. The topological polar surface area (TPSA) is 65.3 Å². The SMILES string of the molecule is C=Cc1cc(COCC2CO2)c(COCC2CO2)cc1COCC1CO1. The van der Waals surface area contributed by atoms with Crippen LogP contribution in [0.2, 0.25) is 0 Å². The van der Waals surface area contributed by atoms with Crippen LogP contribution in [0.3, 0.4) is 0 Å². The van der Waals surface area contributed by atoms with Gasteiger partial charge in [-0.3, -0.25) is 0 Å². The van der Waals surface area contributed by atoms with Gasteiger partial charge >= 0.3 is 0 Å². The Hall–Kier alpha value is -1.28. The molecule has 1 aromatic rings. The van der Waals surface area contributed by atoms with Gasteiger partial charge in [0.05, 0.1) is 59.5 Å². The third-order valence-electron chi connectivity index (χ3n) is 4.57. The summed E-state index contributed by atoms with van der Waals surface area (Å²) < 4.78 is 33.0. The van der Waals surface area contributed by atoms with Gasteiger partial charge in [-0.15, -0.1) is 0 Å². The first-order valence-corrected chi connectivity index (χ1v) is 9.17. The number of hydrogen-bond acceptors (Lipinski definition) is 6. The predicted octanol–water partition coefficient (Wildman–Crippen LogP) is 2.08. The van der Waals surface area contributed by atoms with E-state index < -0.39 is 0 Å². The standard InChI is InChI=1S/C20H26O6/c1-2-14-3-16(6-22-9-19-12-25-19)17(7-23-10-20-13-26-20)4-15(14)5-21-8-18-11-24-18/h2-4,18-20H,1,5-13H2. The molecular formula is C20H26O6. The normalized spacial score (nSPS) is 25.9. The summed E-state index contributed by atoms with van der Waals surface area (Å²) in [5.41, 5.74) is 4.41. The van der Waals surface area contributed by atoms with Crippen LogP contribution in [0.4, 0.5) is 0 Å². The smallest absolute Gasteiger partial charge is 0.104 e. The highest BCUT2D eigenvalue weighted by Gasteiger charge is 2.24. The zero-order valence-electron chi connectivity index (χ0n) is 15.0. The van der Waals surface area contributed by atoms with Gasteiger partial charge in [0.1, 0.15) is 18.3 Å². The highest BCUT2D eigenvalue weighted by atomic mass is 16.6. The average Bonchev–Trinajstić information content (AvgIpc) is 3.47. The van der Waals surface area contributed by atoms with E-state index in [4.69, 9.17) is 28.4 Å². The molecular weight excluding hydrogens is 336 g/mol. The molecule has 3 fully saturated rings. The maximum absolute atomic E-state index is 5.81. The Bertz CT molecular complexity index is 619. The molecule has 0 spiro atoms. The van der Waals surface area contributed by atoms with Crippen LogP contribution in [0.25, 0.3) is 6.08 Å². The van der Waals surface area contributed by atoms with Gasteiger partial charge < -0.3 is 28.4 Å². The van der Waals surface area contributed by atoms with Crippen LogP contribution in [0.15, 0.2) is 18.7 Å². The molecule has 3 unspecified atom stereocenters. The molecule has 3 atom stereocenters. The first-order chi connectivity index (χ1) is 12.8. The van der Waals surface area contributed by atoms with Gasteiger partial charge in [-0.2, -0.15) is 0 Å². The second kappa shape index (κ2) is 8.61. The van der Waals surface area contributed by atoms with Crippen LogP contribution >= 0.6 is 0 Å². The van der Waals surface area contributed by atoms with E-state index in [2.05, 4.69) is 18.7 Å². The molecule has 142 valence electrons. The predicted molar refractivity (Wildman–Crippen MR) is 94.7 cm³/mol. The molecule has 0 radical (unpaired) electrons. The Kier molecular flexibility index (Phi) is 5.99. The molecule has 4 rings (SSSR count). The molecule has 0 amide bonds. The molecule has 1 aromatic carbocycles. The minimum atomic E-state index is 0.260. The van der Waals surface area contributed by atoms with Crippen molar-refractivity contribution in [1.82, 2.24) is 0 Å². The maximum atomic E-state index is 5.81. The van der Waals surface area contributed by atoms with E-state index in [1.165, 1.54) is 0 Å². The zero-order valence-corrected chi connectivity index (χ0v) is 15.0. The van der Waals surface area contributed by atoms with Crippen molar-refractivity contribution >= 4 is 6.08 Å². The summed E-state index contributed by atoms with van der Waals surface area (Å²) >= 11 is 0. The van der Waals surface area contributed by atoms with Gasteiger partial charge in [0, 0.05) is 0 Å². The molecule has 6 nitrogen and oxygen atoms in total. The van der Waals surface area contributed by atoms with E-state index >= 15 is 0 Å². The fourth-order valence-electron chi connectivity index (χ4n) is 2.74. The highest BCUT2D eigenvalue weighted by Crippen LogP contribution is 2.23. The largest absolute Gasteiger partial charge is 0.374 e. The molecule has 0 bridgehead atoms. The highest BCUT2D eigenvalue weighted by molar-refractivity contribution is 5.55. The fourth-order valence-corrected chi connectivity index (χ4v) is 2.74. The number of epoxide rings is 3. The summed E-state index contributed by atoms with van der Waals surface area (Å²) in [7, 11) is 0. The summed E-state index contributed by atoms with van der Waals surface area (Å²) in [4.78, 5) is 0. The lowest BCUT2D eigenvalue weighted by Gasteiger charge is -2.16. The minimum Gasteiger partial charge on any atom is -0.374 e. The van der Waals surface area contributed by atoms with Crippen molar-refractivity contribution in [3.63, 3.8) is 0 Å². The van der Waals surface area contributed by atoms with Crippen molar-refractivity contribution in [2.75, 3.05) is 39.6 Å². The van der Waals surface area contributed by atoms with Crippen LogP contribution in [-0.2, 0) is 48.2 Å². The summed E-state index contributed by atoms with van der Waals surface area (Å²) in [6.07, 6.45) is 2.65. The van der Waals surface area contributed by atoms with Gasteiger partial charge in [-0.1, -0.05) is 18.7 Å². The first kappa shape index (κ1) is 18.1. The van der Waals surface area contributed by atoms with E-state index in [0.717, 1.165) is 42.1 Å². The summed E-state index contributed by atoms with van der Waals surface area (Å²) in [6.45, 7) is 9.85. The van der Waals surface area contributed by atoms with E-state index in [0.29, 0.717) is 39.6 Å². The van der Waals surface area contributed by atoms with Crippen molar-refractivity contribution in [2.45, 2.75) is 38.1 Å². The third-order valence-corrected chi connectivity index (χ3v) is 4.57.